The summed E-state index contributed by atoms with van der Waals surface area (Å²) in [5, 5.41) is 17.9. The van der Waals surface area contributed by atoms with Gasteiger partial charge in [0.2, 0.25) is 11.7 Å². The van der Waals surface area contributed by atoms with E-state index in [1.54, 1.807) is 43.5 Å². The van der Waals surface area contributed by atoms with E-state index < -0.39 is 5.72 Å². The van der Waals surface area contributed by atoms with Crippen LogP contribution in [0.15, 0.2) is 24.4 Å². The van der Waals surface area contributed by atoms with Crippen LogP contribution in [0, 0.1) is 0 Å². The Balaban J connectivity index is 1.40. The van der Waals surface area contributed by atoms with Gasteiger partial charge in [0.1, 0.15) is 11.4 Å². The molecule has 2 amide bonds. The molecular formula is C28H39N7O4. The number of ether oxygens (including phenoxy) is 1. The highest BCUT2D eigenvalue weighted by molar-refractivity contribution is 6.06. The van der Waals surface area contributed by atoms with Crippen LogP contribution in [0.5, 0.6) is 5.75 Å². The highest BCUT2D eigenvalue weighted by atomic mass is 16.5. The van der Waals surface area contributed by atoms with E-state index in [0.717, 1.165) is 51.6 Å². The smallest absolute Gasteiger partial charge is 0.280 e. The number of amides is 2. The molecule has 2 aliphatic heterocycles. The molecule has 11 nitrogen and oxygen atoms in total. The topological polar surface area (TPSA) is 123 Å². The predicted molar refractivity (Wildman–Crippen MR) is 150 cm³/mol. The number of rotatable bonds is 7. The van der Waals surface area contributed by atoms with Gasteiger partial charge in [-0.15, -0.1) is 0 Å². The molecule has 1 aromatic carbocycles. The van der Waals surface area contributed by atoms with E-state index in [0.29, 0.717) is 34.5 Å². The van der Waals surface area contributed by atoms with Crippen LogP contribution in [0.1, 0.15) is 62.2 Å². The number of aromatic nitrogens is 2. The van der Waals surface area contributed by atoms with E-state index in [2.05, 4.69) is 27.6 Å². The molecule has 0 bridgehead atoms. The summed E-state index contributed by atoms with van der Waals surface area (Å²) in [6.45, 7) is 3.75. The summed E-state index contributed by atoms with van der Waals surface area (Å²) >= 11 is 0. The second-order valence-electron chi connectivity index (χ2n) is 10.8. The van der Waals surface area contributed by atoms with Gasteiger partial charge in [-0.2, -0.15) is 4.98 Å². The number of piperidine rings is 1. The van der Waals surface area contributed by atoms with Gasteiger partial charge < -0.3 is 35.2 Å². The predicted octanol–water partition coefficient (Wildman–Crippen LogP) is 2.88. The summed E-state index contributed by atoms with van der Waals surface area (Å²) in [6.07, 6.45) is 7.59. The first-order chi connectivity index (χ1) is 18.7. The van der Waals surface area contributed by atoms with Crippen LogP contribution in [-0.4, -0.2) is 83.9 Å². The number of carbonyl (C=O) groups is 2. The molecule has 11 heteroatoms. The Morgan fingerprint density at radius 1 is 1.18 bits per heavy atom. The number of carbonyl (C=O) groups excluding carboxylic acids is 2. The molecule has 0 spiro atoms. The monoisotopic (exact) mass is 537 g/mol. The maximum atomic E-state index is 13.2. The van der Waals surface area contributed by atoms with E-state index in [9.17, 15) is 14.7 Å². The minimum Gasteiger partial charge on any atom is -0.495 e. The fourth-order valence-electron chi connectivity index (χ4n) is 5.93. The highest BCUT2D eigenvalue weighted by Crippen LogP contribution is 2.43. The van der Waals surface area contributed by atoms with E-state index >= 15 is 0 Å². The summed E-state index contributed by atoms with van der Waals surface area (Å²) in [6, 6.07) is 5.42. The molecule has 2 aromatic rings. The van der Waals surface area contributed by atoms with Crippen LogP contribution < -0.4 is 25.2 Å². The lowest BCUT2D eigenvalue weighted by atomic mass is 9.99. The average molecular weight is 538 g/mol. The van der Waals surface area contributed by atoms with Gasteiger partial charge in [0.05, 0.1) is 19.0 Å². The normalized spacial score (nSPS) is 22.6. The molecule has 39 heavy (non-hydrogen) atoms. The summed E-state index contributed by atoms with van der Waals surface area (Å²) in [5.41, 5.74) is 0.0152. The second-order valence-corrected chi connectivity index (χ2v) is 10.8. The van der Waals surface area contributed by atoms with Gasteiger partial charge in [-0.25, -0.2) is 4.98 Å². The Morgan fingerprint density at radius 2 is 1.90 bits per heavy atom. The van der Waals surface area contributed by atoms with Gasteiger partial charge in [-0.05, 0) is 64.0 Å². The molecule has 1 aromatic heterocycles. The minimum absolute atomic E-state index is 0.0194. The van der Waals surface area contributed by atoms with Gasteiger partial charge in [-0.1, -0.05) is 19.8 Å². The van der Waals surface area contributed by atoms with Crippen molar-refractivity contribution in [1.29, 1.82) is 0 Å². The van der Waals surface area contributed by atoms with Gasteiger partial charge in [-0.3, -0.25) is 9.59 Å². The van der Waals surface area contributed by atoms with E-state index in [4.69, 9.17) is 9.72 Å². The molecule has 3 heterocycles. The summed E-state index contributed by atoms with van der Waals surface area (Å²) in [5.74, 6) is 0.818. The Labute approximate surface area is 229 Å². The summed E-state index contributed by atoms with van der Waals surface area (Å²) in [7, 11) is 5.29. The molecule has 1 saturated heterocycles. The van der Waals surface area contributed by atoms with Crippen LogP contribution in [0.4, 0.5) is 23.1 Å². The number of nitrogens with one attached hydrogen (secondary N) is 2. The molecule has 1 aliphatic carbocycles. The number of benzene rings is 1. The van der Waals surface area contributed by atoms with Crippen LogP contribution in [0.25, 0.3) is 0 Å². The van der Waals surface area contributed by atoms with Crippen LogP contribution in [0.2, 0.25) is 0 Å². The molecule has 3 N–H and O–H groups in total. The quantitative estimate of drug-likeness (QED) is 0.489. The first-order valence-electron chi connectivity index (χ1n) is 13.9. The van der Waals surface area contributed by atoms with Gasteiger partial charge in [0.15, 0.2) is 5.82 Å². The second kappa shape index (κ2) is 11.0. The van der Waals surface area contributed by atoms with Crippen LogP contribution in [-0.2, 0) is 4.79 Å². The number of hydrogen-bond donors (Lipinski definition) is 3. The Morgan fingerprint density at radius 3 is 2.56 bits per heavy atom. The van der Waals surface area contributed by atoms with E-state index in [-0.39, 0.29) is 30.3 Å². The number of methoxy groups -OCH3 is 1. The van der Waals surface area contributed by atoms with Crippen molar-refractivity contribution in [1.82, 2.24) is 20.2 Å². The Hall–Kier alpha value is -3.44. The zero-order valence-electron chi connectivity index (χ0n) is 23.2. The van der Waals surface area contributed by atoms with Crippen molar-refractivity contribution in [2.45, 2.75) is 69.7 Å². The van der Waals surface area contributed by atoms with E-state index in [1.807, 2.05) is 6.92 Å². The third-order valence-electron chi connectivity index (χ3n) is 8.33. The maximum absolute atomic E-state index is 13.2. The molecule has 1 unspecified atom stereocenters. The number of anilines is 4. The molecule has 0 radical (unpaired) electrons. The highest BCUT2D eigenvalue weighted by Gasteiger charge is 2.51. The average Bonchev–Trinajstić information content (AvgIpc) is 3.47. The number of fused-ring (bicyclic) bond motifs is 1. The lowest BCUT2D eigenvalue weighted by Crippen LogP contribution is -2.65. The van der Waals surface area contributed by atoms with Crippen molar-refractivity contribution in [2.75, 3.05) is 49.4 Å². The van der Waals surface area contributed by atoms with Crippen molar-refractivity contribution in [3.63, 3.8) is 0 Å². The zero-order chi connectivity index (χ0) is 27.7. The van der Waals surface area contributed by atoms with Crippen LogP contribution in [0.3, 0.4) is 0 Å². The lowest BCUT2D eigenvalue weighted by Gasteiger charge is -2.48. The minimum atomic E-state index is -1.66. The number of nitrogens with zero attached hydrogens (tertiary/aromatic N) is 5. The molecule has 3 aliphatic rings. The number of aliphatic hydroxyl groups is 1. The largest absolute Gasteiger partial charge is 0.495 e. The van der Waals surface area contributed by atoms with E-state index in [1.165, 1.54) is 4.90 Å². The van der Waals surface area contributed by atoms with Crippen molar-refractivity contribution in [3.05, 3.63) is 30.0 Å². The molecular weight excluding hydrogens is 498 g/mol. The Kier molecular flexibility index (Phi) is 7.64. The molecule has 1 saturated carbocycles. The van der Waals surface area contributed by atoms with Gasteiger partial charge >= 0.3 is 0 Å². The van der Waals surface area contributed by atoms with Crippen molar-refractivity contribution in [3.8, 4) is 5.75 Å². The first-order valence-corrected chi connectivity index (χ1v) is 13.9. The number of likely N-dealkylation sites (tertiary alicyclic amines) is 1. The number of likely N-dealkylation sites (N-methyl/N-ethyl adjacent to an activating group) is 1. The van der Waals surface area contributed by atoms with Gasteiger partial charge in [0.25, 0.3) is 11.8 Å². The molecule has 210 valence electrons. The SMILES string of the molecule is CCC1(O)C(=O)N(C)c2cnc(Nc3ccc(C(=O)NC4CCN(C)CC4)cc3OC)nc2N1C1CCCC1. The summed E-state index contributed by atoms with van der Waals surface area (Å²) in [4.78, 5) is 40.9. The maximum Gasteiger partial charge on any atom is 0.280 e. The third-order valence-corrected chi connectivity index (χ3v) is 8.33. The fourth-order valence-corrected chi connectivity index (χ4v) is 5.93. The number of hydrogen-bond acceptors (Lipinski definition) is 9. The Bertz CT molecular complexity index is 1230. The van der Waals surface area contributed by atoms with Crippen LogP contribution >= 0.6 is 0 Å². The zero-order valence-corrected chi connectivity index (χ0v) is 23.2. The van der Waals surface area contributed by atoms with Crippen molar-refractivity contribution >= 4 is 35.0 Å². The molecule has 5 rings (SSSR count). The lowest BCUT2D eigenvalue weighted by molar-refractivity contribution is -0.138. The first kappa shape index (κ1) is 27.1. The fraction of sp³-hybridized carbons (Fsp3) is 0.571. The van der Waals surface area contributed by atoms with Gasteiger partial charge in [0, 0.05) is 31.1 Å². The summed E-state index contributed by atoms with van der Waals surface area (Å²) < 4.78 is 5.60. The van der Waals surface area contributed by atoms with Crippen molar-refractivity contribution in [2.24, 2.45) is 0 Å². The molecule has 1 atom stereocenters. The standard InChI is InChI=1S/C28H39N7O4/c1-5-28(38)26(37)34(3)22-17-29-27(32-24(22)35(28)20-8-6-7-9-20)31-21-11-10-18(16-23(21)39-4)25(36)30-19-12-14-33(2)15-13-19/h10-11,16-17,19-20,38H,5-9,12-15H2,1-4H3,(H,30,36)(H,29,31,32). The van der Waals surface area contributed by atoms with Crippen molar-refractivity contribution < 1.29 is 19.4 Å². The molecule has 2 fully saturated rings. The third kappa shape index (κ3) is 5.12.